The van der Waals surface area contributed by atoms with Crippen LogP contribution >= 0.6 is 12.2 Å². The zero-order valence-electron chi connectivity index (χ0n) is 17.8. The summed E-state index contributed by atoms with van der Waals surface area (Å²) in [6, 6.07) is 10.2. The van der Waals surface area contributed by atoms with Gasteiger partial charge < -0.3 is 0 Å². The van der Waals surface area contributed by atoms with Crippen molar-refractivity contribution in [3.8, 4) is 23.0 Å². The fourth-order valence-electron chi connectivity index (χ4n) is 4.29. The van der Waals surface area contributed by atoms with Crippen molar-refractivity contribution in [2.45, 2.75) is 32.6 Å². The van der Waals surface area contributed by atoms with E-state index in [0.29, 0.717) is 11.5 Å². The molecule has 3 aromatic carbocycles. The summed E-state index contributed by atoms with van der Waals surface area (Å²) in [6.45, 7) is 2.17. The third kappa shape index (κ3) is 4.90. The SMILES string of the molecule is CCCC1Cc2ccc(-c3cc(F)c(C#Cc4cc(F)c(N=C=S)c(F)c4)c(F)c3)cc2C1. The number of thiocarbonyl (C=S) groups is 1. The molecule has 0 heterocycles. The van der Waals surface area contributed by atoms with Gasteiger partial charge in [-0.05, 0) is 77.5 Å². The van der Waals surface area contributed by atoms with Gasteiger partial charge in [0.2, 0.25) is 0 Å². The van der Waals surface area contributed by atoms with Crippen LogP contribution in [0.5, 0.6) is 0 Å². The largest absolute Gasteiger partial charge is 0.205 e. The molecule has 0 bridgehead atoms. The first kappa shape index (κ1) is 22.9. The average molecular weight is 466 g/mol. The van der Waals surface area contributed by atoms with Gasteiger partial charge in [0.1, 0.15) is 17.3 Å². The van der Waals surface area contributed by atoms with Crippen molar-refractivity contribution < 1.29 is 17.6 Å². The van der Waals surface area contributed by atoms with Crippen LogP contribution in [0, 0.1) is 41.0 Å². The summed E-state index contributed by atoms with van der Waals surface area (Å²) in [5.74, 6) is 1.70. The van der Waals surface area contributed by atoms with Crippen molar-refractivity contribution in [3.05, 3.63) is 88.0 Å². The van der Waals surface area contributed by atoms with Crippen LogP contribution in [0.4, 0.5) is 23.2 Å². The second kappa shape index (κ2) is 9.70. The van der Waals surface area contributed by atoms with Crippen molar-refractivity contribution in [1.82, 2.24) is 0 Å². The zero-order valence-corrected chi connectivity index (χ0v) is 18.6. The van der Waals surface area contributed by atoms with Crippen LogP contribution < -0.4 is 0 Å². The molecule has 1 unspecified atom stereocenters. The van der Waals surface area contributed by atoms with E-state index < -0.39 is 34.5 Å². The van der Waals surface area contributed by atoms with E-state index >= 15 is 0 Å². The summed E-state index contributed by atoms with van der Waals surface area (Å²) in [4.78, 5) is 3.31. The Balaban J connectivity index is 1.63. The topological polar surface area (TPSA) is 12.4 Å². The van der Waals surface area contributed by atoms with E-state index in [9.17, 15) is 17.6 Å². The highest BCUT2D eigenvalue weighted by atomic mass is 32.1. The van der Waals surface area contributed by atoms with Crippen LogP contribution in [-0.2, 0) is 12.8 Å². The van der Waals surface area contributed by atoms with Gasteiger partial charge in [0.25, 0.3) is 0 Å². The number of hydrogen-bond acceptors (Lipinski definition) is 2. The smallest absolute Gasteiger partial charge is 0.153 e. The Morgan fingerprint density at radius 2 is 1.52 bits per heavy atom. The lowest BCUT2D eigenvalue weighted by Gasteiger charge is -2.07. The van der Waals surface area contributed by atoms with Crippen LogP contribution in [0.1, 0.15) is 42.0 Å². The van der Waals surface area contributed by atoms with E-state index in [-0.39, 0.29) is 5.56 Å². The minimum Gasteiger partial charge on any atom is -0.205 e. The van der Waals surface area contributed by atoms with Crippen molar-refractivity contribution in [2.24, 2.45) is 10.9 Å². The molecule has 3 aromatic rings. The van der Waals surface area contributed by atoms with Gasteiger partial charge in [-0.2, -0.15) is 4.99 Å². The van der Waals surface area contributed by atoms with Crippen LogP contribution in [0.2, 0.25) is 0 Å². The molecule has 0 fully saturated rings. The Morgan fingerprint density at radius 1 is 0.848 bits per heavy atom. The summed E-state index contributed by atoms with van der Waals surface area (Å²) < 4.78 is 57.4. The summed E-state index contributed by atoms with van der Waals surface area (Å²) >= 11 is 4.35. The monoisotopic (exact) mass is 465 g/mol. The number of benzene rings is 3. The van der Waals surface area contributed by atoms with Gasteiger partial charge in [-0.25, -0.2) is 17.6 Å². The summed E-state index contributed by atoms with van der Waals surface area (Å²) in [5, 5.41) is 1.89. The second-order valence-corrected chi connectivity index (χ2v) is 8.29. The molecule has 0 amide bonds. The molecular weight excluding hydrogens is 446 g/mol. The van der Waals surface area contributed by atoms with Crippen molar-refractivity contribution in [2.75, 3.05) is 0 Å². The highest BCUT2D eigenvalue weighted by Crippen LogP contribution is 2.34. The maximum Gasteiger partial charge on any atom is 0.153 e. The number of halogens is 4. The lowest BCUT2D eigenvalue weighted by molar-refractivity contribution is 0.507. The Kier molecular flexibility index (Phi) is 6.74. The molecule has 0 aromatic heterocycles. The van der Waals surface area contributed by atoms with Gasteiger partial charge in [0, 0.05) is 5.56 Å². The van der Waals surface area contributed by atoms with Crippen LogP contribution in [0.25, 0.3) is 11.1 Å². The third-order valence-corrected chi connectivity index (χ3v) is 5.89. The number of isothiocyanates is 1. The quantitative estimate of drug-likeness (QED) is 0.168. The van der Waals surface area contributed by atoms with E-state index in [4.69, 9.17) is 0 Å². The van der Waals surface area contributed by atoms with Crippen LogP contribution in [0.15, 0.2) is 47.5 Å². The Hall–Kier alpha value is -3.26. The molecule has 4 rings (SSSR count). The molecule has 166 valence electrons. The summed E-state index contributed by atoms with van der Waals surface area (Å²) in [6.07, 6.45) is 4.32. The van der Waals surface area contributed by atoms with E-state index in [1.165, 1.54) is 23.3 Å². The highest BCUT2D eigenvalue weighted by molar-refractivity contribution is 7.78. The van der Waals surface area contributed by atoms with Gasteiger partial charge in [0.15, 0.2) is 11.6 Å². The Bertz CT molecular complexity index is 1300. The fourth-order valence-corrected chi connectivity index (χ4v) is 4.38. The molecule has 1 nitrogen and oxygen atoms in total. The molecule has 1 atom stereocenters. The van der Waals surface area contributed by atoms with Gasteiger partial charge in [-0.15, -0.1) is 0 Å². The van der Waals surface area contributed by atoms with Gasteiger partial charge >= 0.3 is 0 Å². The molecule has 0 saturated heterocycles. The predicted molar refractivity (Wildman–Crippen MR) is 125 cm³/mol. The molecular formula is C27H19F4NS. The Labute approximate surface area is 195 Å². The number of nitrogens with zero attached hydrogens (tertiary/aromatic N) is 1. The van der Waals surface area contributed by atoms with Gasteiger partial charge in [-0.1, -0.05) is 49.8 Å². The lowest BCUT2D eigenvalue weighted by atomic mass is 9.98. The molecule has 0 N–H and O–H groups in total. The zero-order chi connectivity index (χ0) is 23.5. The first-order chi connectivity index (χ1) is 15.9. The minimum atomic E-state index is -0.995. The standard InChI is InChI=1S/C27H19F4NS/c1-2-3-16-8-18-5-6-19(12-20(18)9-16)21-13-23(28)22(24(29)14-21)7-4-17-10-25(30)27(32-15-33)26(31)11-17/h5-6,10-14,16H,2-3,8-9H2,1H3. The van der Waals surface area contributed by atoms with E-state index in [0.717, 1.165) is 43.4 Å². The number of fused-ring (bicyclic) bond motifs is 1. The Morgan fingerprint density at radius 3 is 2.15 bits per heavy atom. The van der Waals surface area contributed by atoms with Gasteiger partial charge in [0.05, 0.1) is 10.7 Å². The molecule has 1 aliphatic carbocycles. The van der Waals surface area contributed by atoms with E-state index in [2.05, 4.69) is 36.0 Å². The lowest BCUT2D eigenvalue weighted by Crippen LogP contribution is -1.97. The van der Waals surface area contributed by atoms with Gasteiger partial charge in [-0.3, -0.25) is 0 Å². The molecule has 0 radical (unpaired) electrons. The van der Waals surface area contributed by atoms with E-state index in [1.54, 1.807) is 0 Å². The number of rotatable bonds is 4. The predicted octanol–water partition coefficient (Wildman–Crippen LogP) is 7.56. The second-order valence-electron chi connectivity index (χ2n) is 8.10. The summed E-state index contributed by atoms with van der Waals surface area (Å²) in [7, 11) is 0. The summed E-state index contributed by atoms with van der Waals surface area (Å²) in [5.41, 5.74) is 2.52. The normalized spacial score (nSPS) is 14.3. The molecule has 0 saturated carbocycles. The van der Waals surface area contributed by atoms with Crippen molar-refractivity contribution >= 4 is 23.1 Å². The third-order valence-electron chi connectivity index (χ3n) is 5.80. The fraction of sp³-hybridized carbons (Fsp3) is 0.222. The van der Waals surface area contributed by atoms with Crippen molar-refractivity contribution in [1.29, 1.82) is 0 Å². The highest BCUT2D eigenvalue weighted by Gasteiger charge is 2.21. The molecule has 0 spiro atoms. The first-order valence-electron chi connectivity index (χ1n) is 10.6. The average Bonchev–Trinajstić information content (AvgIpc) is 3.17. The molecule has 6 heteroatoms. The molecule has 33 heavy (non-hydrogen) atoms. The molecule has 1 aliphatic rings. The first-order valence-corrected chi connectivity index (χ1v) is 11.0. The van der Waals surface area contributed by atoms with E-state index in [1.807, 2.05) is 23.4 Å². The number of hydrogen-bond donors (Lipinski definition) is 0. The maximum absolute atomic E-state index is 14.7. The van der Waals surface area contributed by atoms with Crippen LogP contribution in [0.3, 0.4) is 0 Å². The minimum absolute atomic E-state index is 0.0866. The molecule has 0 aliphatic heterocycles. The number of aliphatic imine (C=N–C) groups is 1. The maximum atomic E-state index is 14.7. The van der Waals surface area contributed by atoms with Crippen LogP contribution in [-0.4, -0.2) is 5.16 Å². The van der Waals surface area contributed by atoms with Crippen molar-refractivity contribution in [3.63, 3.8) is 0 Å².